The van der Waals surface area contributed by atoms with Gasteiger partial charge in [-0.05, 0) is 29.8 Å². The first kappa shape index (κ1) is 17.5. The van der Waals surface area contributed by atoms with Crippen LogP contribution in [-0.2, 0) is 10.5 Å². The molecular weight excluding hydrogens is 398 g/mol. The number of benzene rings is 3. The normalized spacial score (nSPS) is 23.7. The van der Waals surface area contributed by atoms with E-state index in [2.05, 4.69) is 6.07 Å². The Morgan fingerprint density at radius 2 is 1.77 bits per heavy atom. The number of ether oxygens (including phenoxy) is 1. The molecule has 1 spiro atoms. The Hall–Kier alpha value is -3.31. The molecule has 3 aliphatic heterocycles. The molecule has 148 valence electrons. The lowest BCUT2D eigenvalue weighted by Crippen LogP contribution is -2.56. The highest BCUT2D eigenvalue weighted by Gasteiger charge is 2.62. The van der Waals surface area contributed by atoms with Gasteiger partial charge in [0.1, 0.15) is 5.75 Å². The molecule has 3 aromatic carbocycles. The van der Waals surface area contributed by atoms with Gasteiger partial charge < -0.3 is 9.64 Å². The molecule has 3 heterocycles. The number of hydrogen-bond donors (Lipinski definition) is 0. The van der Waals surface area contributed by atoms with Crippen molar-refractivity contribution in [2.75, 3.05) is 11.9 Å². The summed E-state index contributed by atoms with van der Waals surface area (Å²) in [5.41, 5.74) is 3.30. The van der Waals surface area contributed by atoms with E-state index >= 15 is 0 Å². The third-order valence-corrected chi connectivity index (χ3v) is 6.42. The molecule has 0 unspecified atom stereocenters. The molecule has 6 heteroatoms. The van der Waals surface area contributed by atoms with E-state index in [-0.39, 0.29) is 11.9 Å². The van der Waals surface area contributed by atoms with Crippen LogP contribution in [0.3, 0.4) is 0 Å². The molecule has 0 aliphatic carbocycles. The Morgan fingerprint density at radius 3 is 2.60 bits per heavy atom. The van der Waals surface area contributed by atoms with Crippen LogP contribution in [0.2, 0.25) is 5.02 Å². The summed E-state index contributed by atoms with van der Waals surface area (Å²) < 4.78 is 6.51. The van der Waals surface area contributed by atoms with E-state index in [4.69, 9.17) is 21.4 Å². The van der Waals surface area contributed by atoms with Gasteiger partial charge in [-0.15, -0.1) is 0 Å². The Kier molecular flexibility index (Phi) is 3.56. The van der Waals surface area contributed by atoms with E-state index in [9.17, 15) is 4.79 Å². The Labute approximate surface area is 179 Å². The zero-order chi connectivity index (χ0) is 20.5. The zero-order valence-corrected chi connectivity index (χ0v) is 17.0. The first-order valence-corrected chi connectivity index (χ1v) is 10.3. The quantitative estimate of drug-likeness (QED) is 0.578. The van der Waals surface area contributed by atoms with Gasteiger partial charge in [0.15, 0.2) is 0 Å². The van der Waals surface area contributed by atoms with Crippen molar-refractivity contribution in [3.63, 3.8) is 0 Å². The van der Waals surface area contributed by atoms with Gasteiger partial charge in [-0.3, -0.25) is 4.79 Å². The summed E-state index contributed by atoms with van der Waals surface area (Å²) in [5.74, 6) is 0.592. The summed E-state index contributed by atoms with van der Waals surface area (Å²) in [5, 5.41) is 7.51. The molecule has 0 saturated heterocycles. The zero-order valence-electron chi connectivity index (χ0n) is 16.2. The molecule has 0 aromatic heterocycles. The summed E-state index contributed by atoms with van der Waals surface area (Å²) in [7, 11) is 1.79. The molecule has 2 atom stereocenters. The molecule has 0 radical (unpaired) electrons. The molecule has 0 N–H and O–H groups in total. The summed E-state index contributed by atoms with van der Waals surface area (Å²) in [6.07, 6.45) is 0.683. The third-order valence-electron chi connectivity index (χ3n) is 6.17. The first-order chi connectivity index (χ1) is 14.6. The molecule has 5 nitrogen and oxygen atoms in total. The summed E-state index contributed by atoms with van der Waals surface area (Å²) >= 11 is 6.08. The Balaban J connectivity index is 1.58. The van der Waals surface area contributed by atoms with Gasteiger partial charge in [-0.2, -0.15) is 5.10 Å². The Morgan fingerprint density at radius 1 is 1.03 bits per heavy atom. The van der Waals surface area contributed by atoms with Crippen LogP contribution in [-0.4, -0.2) is 23.7 Å². The van der Waals surface area contributed by atoms with Crippen molar-refractivity contribution in [1.82, 2.24) is 5.01 Å². The standard InChI is InChI=1S/C24H18ClN3O2/c1-27-20-8-4-3-7-18(20)24(23(27)29)28-21(17-6-2-5-9-22(17)30-24)14-19(26-28)15-10-12-16(25)13-11-15/h2-13,21H,14H2,1H3/t21-,24-/m0/s1. The fourth-order valence-corrected chi connectivity index (χ4v) is 4.86. The summed E-state index contributed by atoms with van der Waals surface area (Å²) in [6.45, 7) is 0. The number of nitrogens with zero attached hydrogens (tertiary/aromatic N) is 3. The van der Waals surface area contributed by atoms with Gasteiger partial charge in [-0.25, -0.2) is 5.01 Å². The fourth-order valence-electron chi connectivity index (χ4n) is 4.74. The van der Waals surface area contributed by atoms with Crippen molar-refractivity contribution in [2.45, 2.75) is 18.2 Å². The molecule has 0 saturated carbocycles. The van der Waals surface area contributed by atoms with E-state index in [0.29, 0.717) is 11.4 Å². The maximum Gasteiger partial charge on any atom is 0.306 e. The lowest BCUT2D eigenvalue weighted by Gasteiger charge is -2.44. The van der Waals surface area contributed by atoms with Gasteiger partial charge in [0.25, 0.3) is 5.91 Å². The average Bonchev–Trinajstić information content (AvgIpc) is 3.31. The molecule has 0 fully saturated rings. The van der Waals surface area contributed by atoms with Crippen molar-refractivity contribution in [3.05, 3.63) is 94.5 Å². The number of hydrogen-bond acceptors (Lipinski definition) is 4. The van der Waals surface area contributed by atoms with Crippen LogP contribution in [0.1, 0.15) is 29.2 Å². The third kappa shape index (κ3) is 2.18. The number of halogens is 1. The minimum atomic E-state index is -1.31. The van der Waals surface area contributed by atoms with Crippen molar-refractivity contribution < 1.29 is 9.53 Å². The molecule has 3 aliphatic rings. The van der Waals surface area contributed by atoms with Gasteiger partial charge in [0.05, 0.1) is 23.0 Å². The number of carbonyl (C=O) groups is 1. The maximum absolute atomic E-state index is 13.7. The molecule has 1 amide bonds. The van der Waals surface area contributed by atoms with Crippen LogP contribution in [0, 0.1) is 0 Å². The van der Waals surface area contributed by atoms with Crippen molar-refractivity contribution in [2.24, 2.45) is 5.10 Å². The maximum atomic E-state index is 13.7. The second kappa shape index (κ2) is 6.09. The smallest absolute Gasteiger partial charge is 0.306 e. The highest BCUT2D eigenvalue weighted by molar-refractivity contribution is 6.30. The predicted octanol–water partition coefficient (Wildman–Crippen LogP) is 4.71. The van der Waals surface area contributed by atoms with Crippen LogP contribution in [0.15, 0.2) is 77.9 Å². The minimum absolute atomic E-state index is 0.0934. The van der Waals surface area contributed by atoms with E-state index in [0.717, 1.165) is 33.8 Å². The number of carbonyl (C=O) groups excluding carboxylic acids is 1. The molecule has 6 rings (SSSR count). The first-order valence-electron chi connectivity index (χ1n) is 9.88. The second-order valence-corrected chi connectivity index (χ2v) is 8.22. The predicted molar refractivity (Wildman–Crippen MR) is 116 cm³/mol. The van der Waals surface area contributed by atoms with Gasteiger partial charge in [0.2, 0.25) is 0 Å². The lowest BCUT2D eigenvalue weighted by molar-refractivity contribution is -0.163. The SMILES string of the molecule is CN1C(=O)[C@@]2(Oc3ccccc3[C@@H]3CC(c4ccc(Cl)cc4)=NN32)c2ccccc21. The number of para-hydroxylation sites is 2. The number of anilines is 1. The average molecular weight is 416 g/mol. The van der Waals surface area contributed by atoms with Crippen LogP contribution >= 0.6 is 11.6 Å². The van der Waals surface area contributed by atoms with E-state index in [1.54, 1.807) is 11.9 Å². The highest BCUT2D eigenvalue weighted by atomic mass is 35.5. The number of hydrazone groups is 1. The molecule has 30 heavy (non-hydrogen) atoms. The summed E-state index contributed by atoms with van der Waals surface area (Å²) in [6, 6.07) is 23.3. The van der Waals surface area contributed by atoms with Crippen molar-refractivity contribution in [3.8, 4) is 5.75 Å². The van der Waals surface area contributed by atoms with Crippen molar-refractivity contribution >= 4 is 28.9 Å². The number of likely N-dealkylation sites (N-methyl/N-ethyl adjacent to an activating group) is 1. The van der Waals surface area contributed by atoms with Crippen LogP contribution in [0.5, 0.6) is 5.75 Å². The van der Waals surface area contributed by atoms with E-state index in [1.165, 1.54) is 0 Å². The van der Waals surface area contributed by atoms with Gasteiger partial charge >= 0.3 is 5.72 Å². The van der Waals surface area contributed by atoms with Crippen LogP contribution in [0.25, 0.3) is 0 Å². The molecular formula is C24H18ClN3O2. The molecule has 0 bridgehead atoms. The lowest BCUT2D eigenvalue weighted by atomic mass is 9.92. The van der Waals surface area contributed by atoms with Crippen molar-refractivity contribution in [1.29, 1.82) is 0 Å². The largest absolute Gasteiger partial charge is 0.453 e. The van der Waals surface area contributed by atoms with Crippen LogP contribution in [0.4, 0.5) is 5.69 Å². The van der Waals surface area contributed by atoms with E-state index in [1.807, 2.05) is 71.7 Å². The van der Waals surface area contributed by atoms with Gasteiger partial charge in [0, 0.05) is 24.1 Å². The second-order valence-electron chi connectivity index (χ2n) is 7.78. The fraction of sp³-hybridized carbons (Fsp3) is 0.167. The monoisotopic (exact) mass is 415 g/mol. The minimum Gasteiger partial charge on any atom is -0.453 e. The Bertz CT molecular complexity index is 1220. The molecule has 3 aromatic rings. The summed E-state index contributed by atoms with van der Waals surface area (Å²) in [4.78, 5) is 15.3. The number of amides is 1. The highest BCUT2D eigenvalue weighted by Crippen LogP contribution is 2.55. The number of rotatable bonds is 1. The number of fused-ring (bicyclic) bond motifs is 6. The van der Waals surface area contributed by atoms with E-state index < -0.39 is 5.72 Å². The van der Waals surface area contributed by atoms with Crippen LogP contribution < -0.4 is 9.64 Å². The van der Waals surface area contributed by atoms with Gasteiger partial charge in [-0.1, -0.05) is 60.1 Å². The topological polar surface area (TPSA) is 45.1 Å².